The molecule has 0 aromatic heterocycles. The highest BCUT2D eigenvalue weighted by Crippen LogP contribution is 2.44. The van der Waals surface area contributed by atoms with Crippen LogP contribution in [0.5, 0.6) is 0 Å². The highest BCUT2D eigenvalue weighted by atomic mass is 35.5. The minimum atomic E-state index is -0.969. The van der Waals surface area contributed by atoms with Gasteiger partial charge in [-0.05, 0) is 37.3 Å². The van der Waals surface area contributed by atoms with Crippen molar-refractivity contribution in [2.75, 3.05) is 0 Å². The Kier molecular flexibility index (Phi) is 4.55. The molecule has 26 heavy (non-hydrogen) atoms. The number of aliphatic imine (C=N–C) groups is 1. The van der Waals surface area contributed by atoms with Gasteiger partial charge in [-0.1, -0.05) is 60.1 Å². The minimum Gasteiger partial charge on any atom is -0.468 e. The number of halogens is 1. The largest absolute Gasteiger partial charge is 0.468 e. The number of nitrogens with zero attached hydrogens (tertiary/aromatic N) is 1. The van der Waals surface area contributed by atoms with Crippen molar-refractivity contribution in [2.45, 2.75) is 43.4 Å². The average Bonchev–Trinajstić information content (AvgIpc) is 2.63. The van der Waals surface area contributed by atoms with Crippen LogP contribution in [0.2, 0.25) is 5.02 Å². The Labute approximate surface area is 158 Å². The van der Waals surface area contributed by atoms with Gasteiger partial charge >= 0.3 is 0 Å². The first-order chi connectivity index (χ1) is 12.6. The van der Waals surface area contributed by atoms with E-state index in [4.69, 9.17) is 27.1 Å². The molecular formula is C21H21ClN2O2. The summed E-state index contributed by atoms with van der Waals surface area (Å²) in [5.41, 5.74) is 7.30. The quantitative estimate of drug-likeness (QED) is 0.895. The van der Waals surface area contributed by atoms with Gasteiger partial charge in [-0.15, -0.1) is 0 Å². The molecule has 1 aliphatic carbocycles. The summed E-state index contributed by atoms with van der Waals surface area (Å²) in [6.07, 6.45) is 2.32. The standard InChI is InChI=1S/C21H21ClN2O2/c22-16-10-5-4-9-15(16)21-12-6-11-18(19(21)25)26-20(24-21)17(23)13-14-7-2-1-3-8-14/h1-5,7-10,17-18H,6,11-13,23H2/t17?,18-,21-/m0/s1. The van der Waals surface area contributed by atoms with E-state index in [0.29, 0.717) is 30.2 Å². The van der Waals surface area contributed by atoms with Gasteiger partial charge in [0.15, 0.2) is 11.6 Å². The van der Waals surface area contributed by atoms with Crippen LogP contribution in [0.3, 0.4) is 0 Å². The van der Waals surface area contributed by atoms with Gasteiger partial charge in [0.2, 0.25) is 11.7 Å². The van der Waals surface area contributed by atoms with E-state index in [1.54, 1.807) is 6.07 Å². The molecule has 1 saturated carbocycles. The molecule has 1 fully saturated rings. The predicted molar refractivity (Wildman–Crippen MR) is 102 cm³/mol. The van der Waals surface area contributed by atoms with Crippen LogP contribution in [0.1, 0.15) is 30.4 Å². The molecule has 1 aliphatic heterocycles. The molecule has 2 aromatic carbocycles. The van der Waals surface area contributed by atoms with Crippen LogP contribution < -0.4 is 5.73 Å². The van der Waals surface area contributed by atoms with E-state index in [0.717, 1.165) is 17.5 Å². The molecule has 2 aliphatic rings. The van der Waals surface area contributed by atoms with Gasteiger partial charge in [-0.2, -0.15) is 0 Å². The molecule has 1 unspecified atom stereocenters. The summed E-state index contributed by atoms with van der Waals surface area (Å²) in [5, 5.41) is 0.558. The van der Waals surface area contributed by atoms with Crippen molar-refractivity contribution in [3.63, 3.8) is 0 Å². The first kappa shape index (κ1) is 17.3. The van der Waals surface area contributed by atoms with Crippen molar-refractivity contribution >= 4 is 23.3 Å². The molecule has 4 rings (SSSR count). The lowest BCUT2D eigenvalue weighted by Gasteiger charge is -2.42. The SMILES string of the molecule is NC(Cc1ccccc1)C1=N[C@]2(c3ccccc3Cl)CCC[C@H](O1)C2=O. The summed E-state index contributed by atoms with van der Waals surface area (Å²) in [4.78, 5) is 17.9. The molecule has 4 nitrogen and oxygen atoms in total. The molecule has 2 aromatic rings. The fraction of sp³-hybridized carbons (Fsp3) is 0.333. The normalized spacial score (nSPS) is 26.0. The minimum absolute atomic E-state index is 0.00693. The van der Waals surface area contributed by atoms with E-state index in [1.165, 1.54) is 0 Å². The van der Waals surface area contributed by atoms with Crippen molar-refractivity contribution in [3.8, 4) is 0 Å². The maximum absolute atomic E-state index is 13.1. The topological polar surface area (TPSA) is 64.7 Å². The van der Waals surface area contributed by atoms with Gasteiger partial charge in [0.05, 0.1) is 6.04 Å². The van der Waals surface area contributed by atoms with Crippen LogP contribution in [0.15, 0.2) is 59.6 Å². The van der Waals surface area contributed by atoms with Gasteiger partial charge < -0.3 is 10.5 Å². The smallest absolute Gasteiger partial charge is 0.205 e. The molecule has 5 heteroatoms. The molecule has 0 spiro atoms. The number of nitrogens with two attached hydrogens (primary N) is 1. The van der Waals surface area contributed by atoms with Crippen LogP contribution >= 0.6 is 11.6 Å². The van der Waals surface area contributed by atoms with Gasteiger partial charge in [0.1, 0.15) is 0 Å². The Hall–Kier alpha value is -2.17. The number of carbonyl (C=O) groups is 1. The highest BCUT2D eigenvalue weighted by molar-refractivity contribution is 6.32. The Morgan fingerprint density at radius 2 is 1.92 bits per heavy atom. The third kappa shape index (κ3) is 2.93. The summed E-state index contributed by atoms with van der Waals surface area (Å²) in [6.45, 7) is 0. The number of Topliss-reactive ketones (excluding diaryl/α,β-unsaturated/α-hetero) is 1. The van der Waals surface area contributed by atoms with Crippen molar-refractivity contribution in [3.05, 3.63) is 70.7 Å². The summed E-state index contributed by atoms with van der Waals surface area (Å²) in [5.74, 6) is 0.450. The van der Waals surface area contributed by atoms with Crippen LogP contribution in [0.25, 0.3) is 0 Å². The van der Waals surface area contributed by atoms with E-state index in [-0.39, 0.29) is 5.78 Å². The van der Waals surface area contributed by atoms with E-state index in [2.05, 4.69) is 0 Å². The van der Waals surface area contributed by atoms with Gasteiger partial charge in [0, 0.05) is 10.6 Å². The maximum Gasteiger partial charge on any atom is 0.205 e. The molecule has 0 saturated heterocycles. The molecule has 134 valence electrons. The number of rotatable bonds is 4. The lowest BCUT2D eigenvalue weighted by Crippen LogP contribution is -2.54. The Morgan fingerprint density at radius 1 is 1.19 bits per heavy atom. The summed E-state index contributed by atoms with van der Waals surface area (Å²) in [6, 6.07) is 17.0. The van der Waals surface area contributed by atoms with Crippen LogP contribution in [0, 0.1) is 0 Å². The second kappa shape index (κ2) is 6.86. The van der Waals surface area contributed by atoms with Crippen LogP contribution in [-0.2, 0) is 21.5 Å². The van der Waals surface area contributed by atoms with Crippen LogP contribution in [0.4, 0.5) is 0 Å². The molecular weight excluding hydrogens is 348 g/mol. The van der Waals surface area contributed by atoms with Gasteiger partial charge in [0.25, 0.3) is 0 Å². The summed E-state index contributed by atoms with van der Waals surface area (Å²) >= 11 is 6.43. The zero-order chi connectivity index (χ0) is 18.1. The van der Waals surface area contributed by atoms with E-state index >= 15 is 0 Å². The number of carbonyl (C=O) groups excluding carboxylic acids is 1. The lowest BCUT2D eigenvalue weighted by atomic mass is 9.73. The van der Waals surface area contributed by atoms with E-state index < -0.39 is 17.7 Å². The number of hydrogen-bond acceptors (Lipinski definition) is 4. The second-order valence-corrected chi connectivity index (χ2v) is 7.36. The van der Waals surface area contributed by atoms with Crippen LogP contribution in [-0.4, -0.2) is 23.8 Å². The third-order valence-corrected chi connectivity index (χ3v) is 5.53. The molecule has 3 atom stereocenters. The number of ether oxygens (including phenoxy) is 1. The van der Waals surface area contributed by atoms with Gasteiger partial charge in [-0.25, -0.2) is 4.99 Å². The number of hydrogen-bond donors (Lipinski definition) is 1. The fourth-order valence-electron chi connectivity index (χ4n) is 3.90. The maximum atomic E-state index is 13.1. The Morgan fingerprint density at radius 3 is 2.69 bits per heavy atom. The number of benzene rings is 2. The molecule has 2 bridgehead atoms. The van der Waals surface area contributed by atoms with E-state index in [9.17, 15) is 4.79 Å². The lowest BCUT2D eigenvalue weighted by molar-refractivity contribution is -0.137. The van der Waals surface area contributed by atoms with Crippen molar-refractivity contribution in [2.24, 2.45) is 10.7 Å². The molecule has 0 radical (unpaired) electrons. The second-order valence-electron chi connectivity index (χ2n) is 6.95. The van der Waals surface area contributed by atoms with Crippen molar-refractivity contribution < 1.29 is 9.53 Å². The van der Waals surface area contributed by atoms with Crippen molar-refractivity contribution in [1.82, 2.24) is 0 Å². The van der Waals surface area contributed by atoms with Crippen molar-refractivity contribution in [1.29, 1.82) is 0 Å². The summed E-state index contributed by atoms with van der Waals surface area (Å²) in [7, 11) is 0. The summed E-state index contributed by atoms with van der Waals surface area (Å²) < 4.78 is 5.92. The monoisotopic (exact) mass is 368 g/mol. The zero-order valence-corrected chi connectivity index (χ0v) is 15.2. The predicted octanol–water partition coefficient (Wildman–Crippen LogP) is 3.66. The van der Waals surface area contributed by atoms with Gasteiger partial charge in [-0.3, -0.25) is 4.79 Å². The first-order valence-corrected chi connectivity index (χ1v) is 9.33. The Balaban J connectivity index is 1.73. The average molecular weight is 369 g/mol. The fourth-order valence-corrected chi connectivity index (χ4v) is 4.19. The van der Waals surface area contributed by atoms with E-state index in [1.807, 2.05) is 48.5 Å². The number of fused-ring (bicyclic) bond motifs is 2. The molecule has 1 heterocycles. The molecule has 0 amide bonds. The Bertz CT molecular complexity index is 852. The molecule has 2 N–H and O–H groups in total. The first-order valence-electron chi connectivity index (χ1n) is 8.95. The highest BCUT2D eigenvalue weighted by Gasteiger charge is 2.52. The number of ketones is 1. The third-order valence-electron chi connectivity index (χ3n) is 5.20. The zero-order valence-electron chi connectivity index (χ0n) is 14.4.